The molecule has 0 bridgehead atoms. The fourth-order valence-corrected chi connectivity index (χ4v) is 4.81. The third-order valence-corrected chi connectivity index (χ3v) is 6.67. The molecule has 0 aliphatic carbocycles. The van der Waals surface area contributed by atoms with E-state index in [1.54, 1.807) is 0 Å². The largest absolute Gasteiger partial charge is 0.388 e. The Morgan fingerprint density at radius 2 is 1.72 bits per heavy atom. The van der Waals surface area contributed by atoms with Gasteiger partial charge in [0, 0.05) is 67.5 Å². The van der Waals surface area contributed by atoms with Crippen LogP contribution in [0.15, 0.2) is 42.5 Å². The van der Waals surface area contributed by atoms with Gasteiger partial charge in [-0.15, -0.1) is 6.42 Å². The molecule has 0 aromatic heterocycles. The van der Waals surface area contributed by atoms with Crippen LogP contribution in [0.1, 0.15) is 50.7 Å². The summed E-state index contributed by atoms with van der Waals surface area (Å²) in [6.45, 7) is 8.74. The van der Waals surface area contributed by atoms with E-state index in [9.17, 15) is 4.79 Å². The van der Waals surface area contributed by atoms with Crippen molar-refractivity contribution in [1.29, 1.82) is 5.41 Å². The van der Waals surface area contributed by atoms with Crippen molar-refractivity contribution in [3.8, 4) is 12.3 Å². The summed E-state index contributed by atoms with van der Waals surface area (Å²) < 4.78 is 0. The molecule has 1 aliphatic rings. The second-order valence-electron chi connectivity index (χ2n) is 9.33. The van der Waals surface area contributed by atoms with E-state index in [1.165, 1.54) is 25.7 Å². The predicted octanol–water partition coefficient (Wildman–Crippen LogP) is 4.67. The van der Waals surface area contributed by atoms with Crippen LogP contribution in [0.4, 0.5) is 17.1 Å². The Morgan fingerprint density at radius 3 is 2.36 bits per heavy atom. The lowest BCUT2D eigenvalue weighted by molar-refractivity contribution is -0.117. The molecule has 3 rings (SSSR count). The highest BCUT2D eigenvalue weighted by Crippen LogP contribution is 2.22. The number of amides is 1. The van der Waals surface area contributed by atoms with E-state index in [0.29, 0.717) is 23.8 Å². The molecular formula is C29H40N6O. The topological polar surface area (TPSA) is 83.5 Å². The molecule has 2 aromatic rings. The maximum Gasteiger partial charge on any atom is 0.238 e. The SMILES string of the molecule is C#Cc1cccc(NC(=N)c2cc(NC(=O)CN3CCN(C(CCC)CCC)CC3)ccc2NC)c1. The number of carbonyl (C=O) groups is 1. The van der Waals surface area contributed by atoms with Crippen LogP contribution >= 0.6 is 0 Å². The molecular weight excluding hydrogens is 448 g/mol. The van der Waals surface area contributed by atoms with Crippen molar-refractivity contribution in [2.75, 3.05) is 55.7 Å². The zero-order valence-electron chi connectivity index (χ0n) is 21.9. The average molecular weight is 489 g/mol. The number of anilines is 3. The molecule has 0 atom stereocenters. The summed E-state index contributed by atoms with van der Waals surface area (Å²) in [6, 6.07) is 13.6. The summed E-state index contributed by atoms with van der Waals surface area (Å²) in [6.07, 6.45) is 10.4. The van der Waals surface area contributed by atoms with Gasteiger partial charge >= 0.3 is 0 Å². The van der Waals surface area contributed by atoms with Crippen molar-refractivity contribution in [1.82, 2.24) is 9.80 Å². The zero-order chi connectivity index (χ0) is 25.9. The molecule has 2 aromatic carbocycles. The molecule has 36 heavy (non-hydrogen) atoms. The molecule has 1 amide bonds. The summed E-state index contributed by atoms with van der Waals surface area (Å²) in [5.74, 6) is 2.79. The summed E-state index contributed by atoms with van der Waals surface area (Å²) in [7, 11) is 1.81. The first kappa shape index (κ1) is 27.3. The first-order valence-corrected chi connectivity index (χ1v) is 13.0. The standard InChI is InChI=1S/C29H40N6O/c1-5-9-25(10-6-2)35-17-15-34(16-18-35)21-28(36)32-24-13-14-27(31-4)26(20-24)29(30)33-23-12-8-11-22(7-3)19-23/h3,8,11-14,19-20,25,31H,5-6,9-10,15-18,21H2,1-2,4H3,(H2,30,33)(H,32,36). The monoisotopic (exact) mass is 488 g/mol. The Bertz CT molecular complexity index is 1060. The van der Waals surface area contributed by atoms with E-state index >= 15 is 0 Å². The first-order chi connectivity index (χ1) is 17.5. The summed E-state index contributed by atoms with van der Waals surface area (Å²) in [5.41, 5.74) is 3.61. The number of hydrogen-bond donors (Lipinski definition) is 4. The lowest BCUT2D eigenvalue weighted by Gasteiger charge is -2.39. The van der Waals surface area contributed by atoms with Crippen LogP contribution in [-0.2, 0) is 4.79 Å². The van der Waals surface area contributed by atoms with Gasteiger partial charge in [-0.25, -0.2) is 0 Å². The highest BCUT2D eigenvalue weighted by Gasteiger charge is 2.24. The zero-order valence-corrected chi connectivity index (χ0v) is 21.9. The van der Waals surface area contributed by atoms with Crippen LogP contribution < -0.4 is 16.0 Å². The normalized spacial score (nSPS) is 14.3. The fourth-order valence-electron chi connectivity index (χ4n) is 4.81. The van der Waals surface area contributed by atoms with Crippen LogP contribution in [0.2, 0.25) is 0 Å². The molecule has 7 heteroatoms. The maximum atomic E-state index is 12.8. The Morgan fingerprint density at radius 1 is 1.03 bits per heavy atom. The number of piperazine rings is 1. The third-order valence-electron chi connectivity index (χ3n) is 6.67. The van der Waals surface area contributed by atoms with Crippen LogP contribution in [0.5, 0.6) is 0 Å². The van der Waals surface area contributed by atoms with Gasteiger partial charge in [0.15, 0.2) is 0 Å². The molecule has 1 aliphatic heterocycles. The van der Waals surface area contributed by atoms with Crippen molar-refractivity contribution in [3.63, 3.8) is 0 Å². The minimum absolute atomic E-state index is 0.0357. The number of nitrogens with one attached hydrogen (secondary N) is 4. The Hall–Kier alpha value is -3.34. The minimum Gasteiger partial charge on any atom is -0.388 e. The molecule has 0 saturated carbocycles. The number of benzene rings is 2. The van der Waals surface area contributed by atoms with Crippen LogP contribution in [-0.4, -0.2) is 67.4 Å². The Kier molecular flexibility index (Phi) is 10.3. The van der Waals surface area contributed by atoms with E-state index in [1.807, 2.05) is 49.5 Å². The average Bonchev–Trinajstić information content (AvgIpc) is 2.89. The molecule has 0 unspecified atom stereocenters. The molecule has 0 spiro atoms. The molecule has 1 saturated heterocycles. The molecule has 192 valence electrons. The Labute approximate surface area is 216 Å². The van der Waals surface area contributed by atoms with Gasteiger partial charge in [-0.05, 0) is 49.2 Å². The van der Waals surface area contributed by atoms with Gasteiger partial charge in [0.1, 0.15) is 5.84 Å². The third kappa shape index (κ3) is 7.58. The molecule has 4 N–H and O–H groups in total. The van der Waals surface area contributed by atoms with Crippen LogP contribution in [0.25, 0.3) is 0 Å². The fraction of sp³-hybridized carbons (Fsp3) is 0.448. The van der Waals surface area contributed by atoms with E-state index in [4.69, 9.17) is 11.8 Å². The lowest BCUT2D eigenvalue weighted by Crippen LogP contribution is -2.51. The lowest BCUT2D eigenvalue weighted by atomic mass is 10.0. The molecule has 0 radical (unpaired) electrons. The number of amidine groups is 1. The van der Waals surface area contributed by atoms with Gasteiger partial charge < -0.3 is 16.0 Å². The van der Waals surface area contributed by atoms with Gasteiger partial charge in [0.25, 0.3) is 0 Å². The summed E-state index contributed by atoms with van der Waals surface area (Å²) in [5, 5.41) is 17.9. The van der Waals surface area contributed by atoms with E-state index < -0.39 is 0 Å². The van der Waals surface area contributed by atoms with Gasteiger partial charge in [-0.1, -0.05) is 38.7 Å². The number of rotatable bonds is 11. The predicted molar refractivity (Wildman–Crippen MR) is 151 cm³/mol. The minimum atomic E-state index is -0.0357. The van der Waals surface area contributed by atoms with E-state index in [-0.39, 0.29) is 11.7 Å². The number of terminal acetylenes is 1. The van der Waals surface area contributed by atoms with Gasteiger partial charge in [0.05, 0.1) is 6.54 Å². The number of hydrogen-bond acceptors (Lipinski definition) is 5. The Balaban J connectivity index is 1.58. The van der Waals surface area contributed by atoms with Crippen molar-refractivity contribution in [3.05, 3.63) is 53.6 Å². The summed E-state index contributed by atoms with van der Waals surface area (Å²) in [4.78, 5) is 17.7. The highest BCUT2D eigenvalue weighted by atomic mass is 16.2. The van der Waals surface area contributed by atoms with Crippen molar-refractivity contribution in [2.24, 2.45) is 0 Å². The number of nitrogens with zero attached hydrogens (tertiary/aromatic N) is 2. The molecule has 7 nitrogen and oxygen atoms in total. The number of carbonyl (C=O) groups excluding carboxylic acids is 1. The van der Waals surface area contributed by atoms with E-state index in [2.05, 4.69) is 45.5 Å². The van der Waals surface area contributed by atoms with Crippen molar-refractivity contribution in [2.45, 2.75) is 45.6 Å². The van der Waals surface area contributed by atoms with Gasteiger partial charge in [-0.3, -0.25) is 20.0 Å². The first-order valence-electron chi connectivity index (χ1n) is 13.0. The van der Waals surface area contributed by atoms with E-state index in [0.717, 1.165) is 43.1 Å². The van der Waals surface area contributed by atoms with Crippen molar-refractivity contribution >= 4 is 28.8 Å². The molecule has 1 fully saturated rings. The summed E-state index contributed by atoms with van der Waals surface area (Å²) >= 11 is 0. The van der Waals surface area contributed by atoms with Crippen molar-refractivity contribution < 1.29 is 4.79 Å². The maximum absolute atomic E-state index is 12.8. The quantitative estimate of drug-likeness (QED) is 0.210. The smallest absolute Gasteiger partial charge is 0.238 e. The highest BCUT2D eigenvalue weighted by molar-refractivity contribution is 6.10. The van der Waals surface area contributed by atoms with Gasteiger partial charge in [-0.2, -0.15) is 0 Å². The second-order valence-corrected chi connectivity index (χ2v) is 9.33. The molecule has 1 heterocycles. The van der Waals surface area contributed by atoms with Gasteiger partial charge in [0.2, 0.25) is 5.91 Å². The van der Waals surface area contributed by atoms with Crippen LogP contribution in [0, 0.1) is 17.8 Å². The second kappa shape index (κ2) is 13.7. The van der Waals surface area contributed by atoms with Crippen LogP contribution in [0.3, 0.4) is 0 Å².